The smallest absolute Gasteiger partial charge is 0.103 e. The Morgan fingerprint density at radius 3 is 2.23 bits per heavy atom. The summed E-state index contributed by atoms with van der Waals surface area (Å²) in [7, 11) is 0. The maximum atomic E-state index is 4.55. The Kier molecular flexibility index (Phi) is 8.23. The van der Waals surface area contributed by atoms with Gasteiger partial charge in [-0.15, -0.1) is 5.11 Å². The van der Waals surface area contributed by atoms with Crippen LogP contribution in [0.4, 0.5) is 11.4 Å². The Balaban J connectivity index is 1.89. The van der Waals surface area contributed by atoms with Gasteiger partial charge in [-0.3, -0.25) is 0 Å². The van der Waals surface area contributed by atoms with Gasteiger partial charge in [0.1, 0.15) is 5.69 Å². The average molecular weight is 396 g/mol. The Bertz CT molecular complexity index is 999. The number of hydrogen-bond acceptors (Lipinski definition) is 2. The van der Waals surface area contributed by atoms with Crippen LogP contribution in [0.3, 0.4) is 0 Å². The predicted octanol–water partition coefficient (Wildman–Crippen LogP) is 7.81. The largest absolute Gasteiger partial charge is 0.247 e. The van der Waals surface area contributed by atoms with Gasteiger partial charge in [0.25, 0.3) is 0 Å². The summed E-state index contributed by atoms with van der Waals surface area (Å²) in [5, 5.41) is 10.9. The second kappa shape index (κ2) is 11.6. The first-order valence-electron chi connectivity index (χ1n) is 10.7. The molecule has 0 saturated carbocycles. The minimum atomic E-state index is 0.744. The first kappa shape index (κ1) is 21.3. The Morgan fingerprint density at radius 1 is 0.800 bits per heavy atom. The summed E-state index contributed by atoms with van der Waals surface area (Å²) in [6.45, 7) is 5.02. The molecule has 0 fully saturated rings. The first-order valence-corrected chi connectivity index (χ1v) is 10.7. The van der Waals surface area contributed by atoms with Crippen molar-refractivity contribution >= 4 is 11.4 Å². The van der Waals surface area contributed by atoms with E-state index in [-0.39, 0.29) is 0 Å². The van der Waals surface area contributed by atoms with Crippen molar-refractivity contribution in [3.63, 3.8) is 0 Å². The van der Waals surface area contributed by atoms with Crippen molar-refractivity contribution in [1.29, 1.82) is 0 Å². The van der Waals surface area contributed by atoms with Crippen molar-refractivity contribution in [3.8, 4) is 23.0 Å². The van der Waals surface area contributed by atoms with Crippen molar-refractivity contribution < 1.29 is 0 Å². The normalized spacial score (nSPS) is 10.6. The molecule has 0 spiro atoms. The molecule has 0 bridgehead atoms. The van der Waals surface area contributed by atoms with E-state index in [2.05, 4.69) is 72.4 Å². The lowest BCUT2D eigenvalue weighted by Crippen LogP contribution is -2.13. The second-order valence-corrected chi connectivity index (χ2v) is 7.10. The molecule has 3 aromatic carbocycles. The van der Waals surface area contributed by atoms with Crippen LogP contribution in [-0.4, -0.2) is 6.54 Å². The molecule has 30 heavy (non-hydrogen) atoms. The minimum absolute atomic E-state index is 0.744. The Hall–Kier alpha value is -3.38. The first-order chi connectivity index (χ1) is 14.8. The van der Waals surface area contributed by atoms with Crippen LogP contribution >= 0.6 is 0 Å². The molecule has 3 aromatic rings. The molecule has 0 unspecified atom stereocenters. The third-order valence-corrected chi connectivity index (χ3v) is 4.85. The fourth-order valence-corrected chi connectivity index (χ4v) is 3.15. The SMILES string of the molecule is CCCCCC#Cc1cc(-c2ccccc2)ccc1N=NN(CC)c1ccccc1. The van der Waals surface area contributed by atoms with Gasteiger partial charge in [0, 0.05) is 13.0 Å². The van der Waals surface area contributed by atoms with Gasteiger partial charge >= 0.3 is 0 Å². The van der Waals surface area contributed by atoms with Crippen LogP contribution < -0.4 is 5.01 Å². The van der Waals surface area contributed by atoms with Crippen LogP contribution in [0.15, 0.2) is 89.2 Å². The highest BCUT2D eigenvalue weighted by molar-refractivity contribution is 5.70. The highest BCUT2D eigenvalue weighted by Crippen LogP contribution is 2.27. The summed E-state index contributed by atoms with van der Waals surface area (Å²) in [5.74, 6) is 6.67. The van der Waals surface area contributed by atoms with Crippen LogP contribution in [0.5, 0.6) is 0 Å². The van der Waals surface area contributed by atoms with Crippen LogP contribution in [0.25, 0.3) is 11.1 Å². The lowest BCUT2D eigenvalue weighted by Gasteiger charge is -2.15. The summed E-state index contributed by atoms with van der Waals surface area (Å²) < 4.78 is 0. The molecule has 0 aliphatic carbocycles. The number of hydrogen-bond donors (Lipinski definition) is 0. The number of rotatable bonds is 8. The van der Waals surface area contributed by atoms with Gasteiger partial charge < -0.3 is 0 Å². The maximum Gasteiger partial charge on any atom is 0.103 e. The van der Waals surface area contributed by atoms with Crippen molar-refractivity contribution in [2.75, 3.05) is 11.6 Å². The Labute approximate surface area is 180 Å². The average Bonchev–Trinajstić information content (AvgIpc) is 2.81. The fraction of sp³-hybridized carbons (Fsp3) is 0.259. The van der Waals surface area contributed by atoms with Crippen LogP contribution in [0.1, 0.15) is 45.1 Å². The maximum absolute atomic E-state index is 4.55. The zero-order chi connectivity index (χ0) is 21.0. The topological polar surface area (TPSA) is 28.0 Å². The van der Waals surface area contributed by atoms with E-state index in [1.54, 1.807) is 0 Å². The van der Waals surface area contributed by atoms with E-state index in [4.69, 9.17) is 0 Å². The number of benzene rings is 3. The molecule has 0 saturated heterocycles. The fourth-order valence-electron chi connectivity index (χ4n) is 3.15. The lowest BCUT2D eigenvalue weighted by molar-refractivity contribution is 0.737. The molecule has 0 amide bonds. The molecule has 0 aliphatic heterocycles. The lowest BCUT2D eigenvalue weighted by atomic mass is 10.0. The molecular weight excluding hydrogens is 366 g/mol. The predicted molar refractivity (Wildman–Crippen MR) is 127 cm³/mol. The van der Waals surface area contributed by atoms with E-state index in [0.717, 1.165) is 41.9 Å². The molecule has 0 atom stereocenters. The van der Waals surface area contributed by atoms with Crippen LogP contribution in [0.2, 0.25) is 0 Å². The van der Waals surface area contributed by atoms with Gasteiger partial charge in [-0.2, -0.15) is 0 Å². The molecule has 0 radical (unpaired) electrons. The molecule has 3 heteroatoms. The zero-order valence-electron chi connectivity index (χ0n) is 17.9. The van der Waals surface area contributed by atoms with E-state index in [1.807, 2.05) is 47.5 Å². The monoisotopic (exact) mass is 395 g/mol. The summed E-state index contributed by atoms with van der Waals surface area (Å²) in [4.78, 5) is 0. The summed E-state index contributed by atoms with van der Waals surface area (Å²) in [6, 6.07) is 26.7. The van der Waals surface area contributed by atoms with Crippen molar-refractivity contribution in [2.24, 2.45) is 10.3 Å². The zero-order valence-corrected chi connectivity index (χ0v) is 17.9. The van der Waals surface area contributed by atoms with Gasteiger partial charge in [0.15, 0.2) is 0 Å². The van der Waals surface area contributed by atoms with E-state index in [1.165, 1.54) is 18.4 Å². The number of nitrogens with zero attached hydrogens (tertiary/aromatic N) is 3. The van der Waals surface area contributed by atoms with E-state index in [9.17, 15) is 0 Å². The third-order valence-electron chi connectivity index (χ3n) is 4.85. The molecule has 0 aliphatic rings. The molecule has 3 rings (SSSR count). The minimum Gasteiger partial charge on any atom is -0.247 e. The highest BCUT2D eigenvalue weighted by Gasteiger charge is 2.06. The summed E-state index contributed by atoms with van der Waals surface area (Å²) in [6.07, 6.45) is 4.46. The summed E-state index contributed by atoms with van der Waals surface area (Å²) in [5.41, 5.74) is 5.06. The van der Waals surface area contributed by atoms with Crippen LogP contribution in [-0.2, 0) is 0 Å². The molecule has 0 N–H and O–H groups in total. The van der Waals surface area contributed by atoms with Gasteiger partial charge in [-0.25, -0.2) is 5.01 Å². The van der Waals surface area contributed by atoms with Gasteiger partial charge in [0.05, 0.1) is 11.3 Å². The van der Waals surface area contributed by atoms with E-state index >= 15 is 0 Å². The standard InChI is InChI=1S/C27H29N3/c1-3-5-6-7-10-17-25-22-24(23-15-11-8-12-16-23)20-21-27(25)28-29-30(4-2)26-18-13-9-14-19-26/h8-9,11-16,18-22H,3-7H2,1-2H3. The van der Waals surface area contributed by atoms with Gasteiger partial charge in [-0.05, 0) is 48.7 Å². The van der Waals surface area contributed by atoms with Crippen molar-refractivity contribution in [2.45, 2.75) is 39.5 Å². The van der Waals surface area contributed by atoms with Gasteiger partial charge in [0.2, 0.25) is 0 Å². The molecule has 152 valence electrons. The quantitative estimate of drug-likeness (QED) is 0.165. The number of anilines is 1. The van der Waals surface area contributed by atoms with Crippen molar-refractivity contribution in [1.82, 2.24) is 0 Å². The molecule has 3 nitrogen and oxygen atoms in total. The third kappa shape index (κ3) is 6.06. The number of para-hydroxylation sites is 1. The Morgan fingerprint density at radius 2 is 1.53 bits per heavy atom. The highest BCUT2D eigenvalue weighted by atomic mass is 15.5. The van der Waals surface area contributed by atoms with Crippen molar-refractivity contribution in [3.05, 3.63) is 84.4 Å². The van der Waals surface area contributed by atoms with Crippen LogP contribution in [0, 0.1) is 11.8 Å². The molecule has 0 aromatic heterocycles. The van der Waals surface area contributed by atoms with E-state index < -0.39 is 0 Å². The van der Waals surface area contributed by atoms with Gasteiger partial charge in [-0.1, -0.05) is 91.4 Å². The molecule has 0 heterocycles. The van der Waals surface area contributed by atoms with E-state index in [0.29, 0.717) is 0 Å². The number of unbranched alkanes of at least 4 members (excludes halogenated alkanes) is 3. The summed E-state index contributed by atoms with van der Waals surface area (Å²) >= 11 is 0. The molecular formula is C27H29N3. The second-order valence-electron chi connectivity index (χ2n) is 7.10.